The fourth-order valence-electron chi connectivity index (χ4n) is 4.21. The Kier molecular flexibility index (Phi) is 7.60. The van der Waals surface area contributed by atoms with Gasteiger partial charge in [-0.15, -0.1) is 11.3 Å². The van der Waals surface area contributed by atoms with Crippen LogP contribution in [0, 0.1) is 11.3 Å². The van der Waals surface area contributed by atoms with Gasteiger partial charge in [0.25, 0.3) is 0 Å². The van der Waals surface area contributed by atoms with Crippen LogP contribution in [-0.2, 0) is 38.4 Å². The van der Waals surface area contributed by atoms with Crippen molar-refractivity contribution < 1.29 is 28.5 Å². The van der Waals surface area contributed by atoms with Crippen LogP contribution >= 0.6 is 11.3 Å². The number of thiophene rings is 1. The van der Waals surface area contributed by atoms with Crippen LogP contribution in [0.2, 0.25) is 0 Å². The second kappa shape index (κ2) is 10.6. The summed E-state index contributed by atoms with van der Waals surface area (Å²) in [7, 11) is 1.60. The molecule has 1 fully saturated rings. The molecule has 1 saturated heterocycles. The monoisotopic (exact) mass is 499 g/mol. The van der Waals surface area contributed by atoms with Crippen LogP contribution in [0.3, 0.4) is 0 Å². The first-order valence-corrected chi connectivity index (χ1v) is 12.3. The Bertz CT molecular complexity index is 1140. The lowest BCUT2D eigenvalue weighted by atomic mass is 10.0. The number of ether oxygens (including phenoxy) is 4. The Morgan fingerprint density at radius 1 is 1.34 bits per heavy atom. The van der Waals surface area contributed by atoms with Crippen molar-refractivity contribution in [3.63, 3.8) is 0 Å². The Labute approximate surface area is 208 Å². The van der Waals surface area contributed by atoms with E-state index in [1.165, 1.54) is 11.3 Å². The van der Waals surface area contributed by atoms with Gasteiger partial charge < -0.3 is 29.2 Å². The van der Waals surface area contributed by atoms with E-state index < -0.39 is 11.9 Å². The van der Waals surface area contributed by atoms with Crippen LogP contribution in [0.4, 0.5) is 9.80 Å². The molecule has 2 amide bonds. The minimum atomic E-state index is -0.671. The fourth-order valence-corrected chi connectivity index (χ4v) is 5.44. The van der Waals surface area contributed by atoms with Gasteiger partial charge >= 0.3 is 6.09 Å². The summed E-state index contributed by atoms with van der Waals surface area (Å²) >= 11 is 1.34. The molecule has 2 aromatic rings. The van der Waals surface area contributed by atoms with E-state index in [9.17, 15) is 14.9 Å². The highest BCUT2D eigenvalue weighted by molar-refractivity contribution is 7.16. The first-order valence-electron chi connectivity index (χ1n) is 11.5. The molecule has 1 N–H and O–H groups in total. The van der Waals surface area contributed by atoms with Crippen LogP contribution in [0.25, 0.3) is 0 Å². The fraction of sp³-hybridized carbons (Fsp3) is 0.480. The topological polar surface area (TPSA) is 110 Å². The molecule has 186 valence electrons. The second-order valence-electron chi connectivity index (χ2n) is 8.88. The number of rotatable bonds is 7. The predicted molar refractivity (Wildman–Crippen MR) is 129 cm³/mol. The molecule has 0 spiro atoms. The lowest BCUT2D eigenvalue weighted by Crippen LogP contribution is -2.37. The van der Waals surface area contributed by atoms with E-state index in [0.29, 0.717) is 43.1 Å². The Morgan fingerprint density at radius 2 is 2.14 bits per heavy atom. The summed E-state index contributed by atoms with van der Waals surface area (Å²) in [6.45, 7) is 4.90. The summed E-state index contributed by atoms with van der Waals surface area (Å²) in [6, 6.07) is 9.80. The maximum absolute atomic E-state index is 12.6. The number of aryl methyl sites for hydroxylation is 1. The normalized spacial score (nSPS) is 18.5. The highest BCUT2D eigenvalue weighted by Gasteiger charge is 2.34. The molecule has 0 bridgehead atoms. The van der Waals surface area contributed by atoms with Crippen molar-refractivity contribution in [2.24, 2.45) is 0 Å². The molecule has 4 rings (SSSR count). The van der Waals surface area contributed by atoms with Crippen molar-refractivity contribution in [1.29, 1.82) is 5.26 Å². The van der Waals surface area contributed by atoms with E-state index in [-0.39, 0.29) is 25.0 Å². The number of hydrogen-bond donors (Lipinski definition) is 1. The summed E-state index contributed by atoms with van der Waals surface area (Å²) in [4.78, 5) is 27.7. The molecule has 2 aliphatic rings. The average Bonchev–Trinajstić information content (AvgIpc) is 3.38. The summed E-state index contributed by atoms with van der Waals surface area (Å²) < 4.78 is 21.9. The highest BCUT2D eigenvalue weighted by Crippen LogP contribution is 2.37. The van der Waals surface area contributed by atoms with Gasteiger partial charge in [0.2, 0.25) is 5.91 Å². The highest BCUT2D eigenvalue weighted by atomic mass is 32.1. The molecule has 0 saturated carbocycles. The van der Waals surface area contributed by atoms with Gasteiger partial charge in [0.15, 0.2) is 5.79 Å². The number of fused-ring (bicyclic) bond motifs is 1. The Hall–Kier alpha value is -3.13. The number of methoxy groups -OCH3 is 1. The van der Waals surface area contributed by atoms with E-state index in [2.05, 4.69) is 11.4 Å². The number of benzene rings is 1. The summed E-state index contributed by atoms with van der Waals surface area (Å²) in [5.74, 6) is -0.105. The van der Waals surface area contributed by atoms with Gasteiger partial charge in [-0.2, -0.15) is 5.26 Å². The minimum Gasteiger partial charge on any atom is -0.496 e. The smallest absolute Gasteiger partial charge is 0.410 e. The number of nitrogens with one attached hydrogen (secondary N) is 1. The third kappa shape index (κ3) is 5.93. The van der Waals surface area contributed by atoms with Crippen LogP contribution in [-0.4, -0.2) is 55.7 Å². The molecular formula is C25H29N3O6S. The lowest BCUT2D eigenvalue weighted by molar-refractivity contribution is -0.143. The zero-order chi connectivity index (χ0) is 25.0. The molecule has 10 heteroatoms. The van der Waals surface area contributed by atoms with E-state index in [1.807, 2.05) is 38.1 Å². The molecule has 1 aromatic heterocycles. The Balaban J connectivity index is 1.34. The maximum Gasteiger partial charge on any atom is 0.410 e. The minimum absolute atomic E-state index is 0.118. The first-order chi connectivity index (χ1) is 16.8. The molecular weight excluding hydrogens is 470 g/mol. The summed E-state index contributed by atoms with van der Waals surface area (Å²) in [5, 5.41) is 13.1. The van der Waals surface area contributed by atoms with Crippen molar-refractivity contribution in [3.05, 3.63) is 45.8 Å². The van der Waals surface area contributed by atoms with E-state index >= 15 is 0 Å². The van der Waals surface area contributed by atoms with Gasteiger partial charge in [-0.1, -0.05) is 18.2 Å². The molecule has 35 heavy (non-hydrogen) atoms. The molecule has 0 aliphatic carbocycles. The number of amides is 2. The first kappa shape index (κ1) is 25.0. The third-order valence-electron chi connectivity index (χ3n) is 5.95. The van der Waals surface area contributed by atoms with Gasteiger partial charge in [-0.25, -0.2) is 4.79 Å². The number of carbonyl (C=O) groups is 2. The zero-order valence-electron chi connectivity index (χ0n) is 20.1. The molecule has 2 aliphatic heterocycles. The third-order valence-corrected chi connectivity index (χ3v) is 7.09. The second-order valence-corrected chi connectivity index (χ2v) is 9.98. The standard InChI is InChI=1S/C25H29N3O6S/c1-25(2)33-15-17(34-25)14-32-24(30)28-11-10-18-19(12-26)23(35-21(18)13-28)27-22(29)9-8-16-6-4-5-7-20(16)31-3/h4-7,17H,8-11,13-15H2,1-3H3,(H,27,29). The lowest BCUT2D eigenvalue weighted by Gasteiger charge is -2.26. The SMILES string of the molecule is COc1ccccc1CCC(=O)Nc1sc2c(c1C#N)CCN(C(=O)OCC1COC(C)(C)O1)C2. The predicted octanol–water partition coefficient (Wildman–Crippen LogP) is 3.85. The van der Waals surface area contributed by atoms with Gasteiger partial charge in [0.05, 0.1) is 25.8 Å². The molecule has 1 atom stereocenters. The number of para-hydroxylation sites is 1. The molecule has 3 heterocycles. The van der Waals surface area contributed by atoms with Crippen molar-refractivity contribution in [2.45, 2.75) is 51.5 Å². The quantitative estimate of drug-likeness (QED) is 0.616. The molecule has 0 radical (unpaired) electrons. The van der Waals surface area contributed by atoms with E-state index in [4.69, 9.17) is 18.9 Å². The van der Waals surface area contributed by atoms with Crippen LogP contribution < -0.4 is 10.1 Å². The van der Waals surface area contributed by atoms with Crippen molar-refractivity contribution >= 4 is 28.3 Å². The van der Waals surface area contributed by atoms with Crippen LogP contribution in [0.15, 0.2) is 24.3 Å². The van der Waals surface area contributed by atoms with E-state index in [1.54, 1.807) is 12.0 Å². The number of nitriles is 1. The molecule has 1 aromatic carbocycles. The van der Waals surface area contributed by atoms with Crippen LogP contribution in [0.1, 0.15) is 41.8 Å². The largest absolute Gasteiger partial charge is 0.496 e. The average molecular weight is 500 g/mol. The number of anilines is 1. The zero-order valence-corrected chi connectivity index (χ0v) is 20.9. The maximum atomic E-state index is 12.6. The van der Waals surface area contributed by atoms with Gasteiger partial charge in [0, 0.05) is 17.8 Å². The molecule has 1 unspecified atom stereocenters. The Morgan fingerprint density at radius 3 is 2.86 bits per heavy atom. The summed E-state index contributed by atoms with van der Waals surface area (Å²) in [6.07, 6.45) is 0.583. The van der Waals surface area contributed by atoms with Crippen molar-refractivity contribution in [2.75, 3.05) is 32.2 Å². The number of nitrogens with zero attached hydrogens (tertiary/aromatic N) is 2. The van der Waals surface area contributed by atoms with E-state index in [0.717, 1.165) is 21.8 Å². The van der Waals surface area contributed by atoms with Crippen molar-refractivity contribution in [3.8, 4) is 11.8 Å². The number of carbonyl (C=O) groups excluding carboxylic acids is 2. The van der Waals surface area contributed by atoms with Gasteiger partial charge in [-0.3, -0.25) is 4.79 Å². The van der Waals surface area contributed by atoms with Crippen LogP contribution in [0.5, 0.6) is 5.75 Å². The molecule has 9 nitrogen and oxygen atoms in total. The number of hydrogen-bond acceptors (Lipinski definition) is 8. The van der Waals surface area contributed by atoms with Crippen molar-refractivity contribution in [1.82, 2.24) is 4.90 Å². The van der Waals surface area contributed by atoms with Gasteiger partial charge in [-0.05, 0) is 43.9 Å². The summed E-state index contributed by atoms with van der Waals surface area (Å²) in [5.41, 5.74) is 2.31. The van der Waals surface area contributed by atoms with Gasteiger partial charge in [0.1, 0.15) is 29.5 Å².